The highest BCUT2D eigenvalue weighted by atomic mass is 32.2. The van der Waals surface area contributed by atoms with Crippen LogP contribution in [-0.4, -0.2) is 57.8 Å². The molecule has 2 aromatic carbocycles. The summed E-state index contributed by atoms with van der Waals surface area (Å²) in [6, 6.07) is 15.1. The molecule has 4 rings (SSSR count). The van der Waals surface area contributed by atoms with Crippen LogP contribution in [0.3, 0.4) is 0 Å². The third-order valence-electron chi connectivity index (χ3n) is 6.74. The average Bonchev–Trinajstić information content (AvgIpc) is 3.42. The molecule has 186 valence electrons. The van der Waals surface area contributed by atoms with Crippen LogP contribution in [0.5, 0.6) is 0 Å². The fourth-order valence-electron chi connectivity index (χ4n) is 5.10. The number of benzene rings is 2. The topological polar surface area (TPSA) is 95.9 Å². The van der Waals surface area contributed by atoms with Gasteiger partial charge in [0.15, 0.2) is 0 Å². The number of nitrogens with one attached hydrogen (secondary N) is 1. The van der Waals surface area contributed by atoms with Crippen LogP contribution in [0, 0.1) is 0 Å². The molecule has 7 nitrogen and oxygen atoms in total. The molecule has 8 heteroatoms. The number of amides is 2. The highest BCUT2D eigenvalue weighted by Gasteiger charge is 2.41. The molecule has 3 atom stereocenters. The predicted octanol–water partition coefficient (Wildman–Crippen LogP) is 4.85. The number of carboxylic acids is 1. The van der Waals surface area contributed by atoms with Crippen LogP contribution in [0.2, 0.25) is 0 Å². The Morgan fingerprint density at radius 3 is 2.29 bits per heavy atom. The summed E-state index contributed by atoms with van der Waals surface area (Å²) in [6.45, 7) is 4.13. The van der Waals surface area contributed by atoms with Crippen molar-refractivity contribution in [2.45, 2.75) is 62.9 Å². The second-order valence-corrected chi connectivity index (χ2v) is 10.2. The van der Waals surface area contributed by atoms with Gasteiger partial charge in [0.2, 0.25) is 5.91 Å². The standard InChI is InChI=1S/C27H32N2O5S/c1-3-9-17(14-24(30)29-23(26(31)32)16-35-25(29)4-2)28-27(33)34-15-22-20-12-7-5-10-18(20)19-11-6-8-13-21(19)22/h5-8,10-13,17,22-23,25H,3-4,9,14-16H2,1-2H3,(H,28,33)(H,31,32)/t17-,23?,25?/m0/s1. The summed E-state index contributed by atoms with van der Waals surface area (Å²) >= 11 is 1.49. The molecule has 1 fully saturated rings. The van der Waals surface area contributed by atoms with Gasteiger partial charge < -0.3 is 20.1 Å². The molecule has 2 aromatic rings. The number of hydrogen-bond acceptors (Lipinski definition) is 5. The lowest BCUT2D eigenvalue weighted by Gasteiger charge is -2.28. The first-order valence-corrected chi connectivity index (χ1v) is 13.3. The first-order chi connectivity index (χ1) is 16.9. The molecule has 0 aromatic heterocycles. The van der Waals surface area contributed by atoms with Gasteiger partial charge in [0.05, 0.1) is 5.37 Å². The normalized spacial score (nSPS) is 19.7. The Morgan fingerprint density at radius 2 is 1.71 bits per heavy atom. The molecule has 1 saturated heterocycles. The van der Waals surface area contributed by atoms with Gasteiger partial charge in [0, 0.05) is 24.1 Å². The maximum atomic E-state index is 13.1. The van der Waals surface area contributed by atoms with Crippen LogP contribution >= 0.6 is 11.8 Å². The van der Waals surface area contributed by atoms with Crippen LogP contribution in [0.15, 0.2) is 48.5 Å². The fourth-order valence-corrected chi connectivity index (χ4v) is 6.47. The molecule has 2 unspecified atom stereocenters. The van der Waals surface area contributed by atoms with Gasteiger partial charge in [-0.2, -0.15) is 0 Å². The minimum Gasteiger partial charge on any atom is -0.480 e. The SMILES string of the molecule is CCC[C@@H](CC(=O)N1C(CC)SCC1C(=O)O)NC(=O)OCC1c2ccccc2-c2ccccc21. The zero-order chi connectivity index (χ0) is 24.9. The minimum atomic E-state index is -0.988. The summed E-state index contributed by atoms with van der Waals surface area (Å²) < 4.78 is 5.65. The fraction of sp³-hybridized carbons (Fsp3) is 0.444. The molecule has 35 heavy (non-hydrogen) atoms. The van der Waals surface area contributed by atoms with Crippen LogP contribution in [-0.2, 0) is 14.3 Å². The maximum absolute atomic E-state index is 13.1. The zero-order valence-electron chi connectivity index (χ0n) is 20.1. The van der Waals surface area contributed by atoms with Crippen LogP contribution in [0.1, 0.15) is 56.6 Å². The maximum Gasteiger partial charge on any atom is 0.407 e. The number of hydrogen-bond donors (Lipinski definition) is 2. The van der Waals surface area contributed by atoms with Crippen molar-refractivity contribution in [1.82, 2.24) is 10.2 Å². The number of nitrogens with zero attached hydrogens (tertiary/aromatic N) is 1. The number of ether oxygens (including phenoxy) is 1. The highest BCUT2D eigenvalue weighted by molar-refractivity contribution is 8.00. The molecular weight excluding hydrogens is 464 g/mol. The van der Waals surface area contributed by atoms with E-state index < -0.39 is 24.1 Å². The van der Waals surface area contributed by atoms with E-state index in [4.69, 9.17) is 4.74 Å². The highest BCUT2D eigenvalue weighted by Crippen LogP contribution is 2.44. The second-order valence-electron chi connectivity index (χ2n) is 9.01. The smallest absolute Gasteiger partial charge is 0.407 e. The molecule has 2 amide bonds. The first-order valence-electron chi connectivity index (χ1n) is 12.2. The summed E-state index contributed by atoms with van der Waals surface area (Å²) in [6.07, 6.45) is 1.55. The number of thioether (sulfide) groups is 1. The van der Waals surface area contributed by atoms with Crippen molar-refractivity contribution < 1.29 is 24.2 Å². The third kappa shape index (κ3) is 5.32. The number of carboxylic acid groups (broad SMARTS) is 1. The van der Waals surface area contributed by atoms with Gasteiger partial charge in [-0.05, 0) is 35.1 Å². The molecule has 0 saturated carbocycles. The third-order valence-corrected chi connectivity index (χ3v) is 8.19. The molecule has 1 heterocycles. The van der Waals surface area contributed by atoms with Crippen molar-refractivity contribution in [3.05, 3.63) is 59.7 Å². The molecule has 0 spiro atoms. The molecule has 2 aliphatic rings. The summed E-state index contributed by atoms with van der Waals surface area (Å²) in [5, 5.41) is 12.3. The number of aliphatic carboxylic acids is 1. The van der Waals surface area contributed by atoms with Gasteiger partial charge in [-0.25, -0.2) is 9.59 Å². The Balaban J connectivity index is 1.39. The van der Waals surface area contributed by atoms with E-state index in [1.165, 1.54) is 16.7 Å². The lowest BCUT2D eigenvalue weighted by molar-refractivity contribution is -0.149. The van der Waals surface area contributed by atoms with E-state index in [2.05, 4.69) is 29.6 Å². The van der Waals surface area contributed by atoms with Gasteiger partial charge in [-0.3, -0.25) is 4.79 Å². The first kappa shape index (κ1) is 25.1. The van der Waals surface area contributed by atoms with Gasteiger partial charge in [-0.1, -0.05) is 68.8 Å². The lowest BCUT2D eigenvalue weighted by Crippen LogP contribution is -2.48. The summed E-state index contributed by atoms with van der Waals surface area (Å²) in [5.41, 5.74) is 4.60. The van der Waals surface area contributed by atoms with E-state index in [1.807, 2.05) is 38.1 Å². The molecule has 1 aliphatic carbocycles. The number of alkyl carbamates (subject to hydrolysis) is 1. The lowest BCUT2D eigenvalue weighted by atomic mass is 9.98. The van der Waals surface area contributed by atoms with E-state index in [-0.39, 0.29) is 30.2 Å². The zero-order valence-corrected chi connectivity index (χ0v) is 20.9. The van der Waals surface area contributed by atoms with Crippen LogP contribution in [0.25, 0.3) is 11.1 Å². The van der Waals surface area contributed by atoms with E-state index in [1.54, 1.807) is 0 Å². The Morgan fingerprint density at radius 1 is 1.09 bits per heavy atom. The van der Waals surface area contributed by atoms with Crippen LogP contribution < -0.4 is 5.32 Å². The number of rotatable bonds is 9. The van der Waals surface area contributed by atoms with Crippen molar-refractivity contribution in [3.63, 3.8) is 0 Å². The number of carbonyl (C=O) groups is 3. The van der Waals surface area contributed by atoms with Gasteiger partial charge in [0.25, 0.3) is 0 Å². The average molecular weight is 497 g/mol. The quantitative estimate of drug-likeness (QED) is 0.515. The van der Waals surface area contributed by atoms with E-state index in [0.29, 0.717) is 18.6 Å². The van der Waals surface area contributed by atoms with Crippen LogP contribution in [0.4, 0.5) is 4.79 Å². The van der Waals surface area contributed by atoms with E-state index >= 15 is 0 Å². The van der Waals surface area contributed by atoms with Crippen molar-refractivity contribution >= 4 is 29.7 Å². The van der Waals surface area contributed by atoms with Gasteiger partial charge in [-0.15, -0.1) is 11.8 Å². The number of fused-ring (bicyclic) bond motifs is 3. The van der Waals surface area contributed by atoms with Crippen molar-refractivity contribution in [3.8, 4) is 11.1 Å². The number of carbonyl (C=O) groups excluding carboxylic acids is 2. The molecular formula is C27H32N2O5S. The Hall–Kier alpha value is -3.00. The summed E-state index contributed by atoms with van der Waals surface area (Å²) in [4.78, 5) is 39.0. The van der Waals surface area contributed by atoms with Gasteiger partial charge >= 0.3 is 12.1 Å². The molecule has 0 bridgehead atoms. The van der Waals surface area contributed by atoms with E-state index in [9.17, 15) is 19.5 Å². The predicted molar refractivity (Wildman–Crippen MR) is 136 cm³/mol. The Kier molecular flexibility index (Phi) is 8.00. The molecule has 1 aliphatic heterocycles. The molecule has 0 radical (unpaired) electrons. The largest absolute Gasteiger partial charge is 0.480 e. The van der Waals surface area contributed by atoms with Crippen molar-refractivity contribution in [2.75, 3.05) is 12.4 Å². The Labute approximate surface area is 210 Å². The van der Waals surface area contributed by atoms with E-state index in [0.717, 1.165) is 28.7 Å². The Bertz CT molecular complexity index is 1050. The van der Waals surface area contributed by atoms with Crippen molar-refractivity contribution in [2.24, 2.45) is 0 Å². The minimum absolute atomic E-state index is 0.0392. The van der Waals surface area contributed by atoms with Gasteiger partial charge in [0.1, 0.15) is 12.6 Å². The second kappa shape index (κ2) is 11.2. The summed E-state index contributed by atoms with van der Waals surface area (Å²) in [5.74, 6) is -0.884. The monoisotopic (exact) mass is 496 g/mol. The summed E-state index contributed by atoms with van der Waals surface area (Å²) in [7, 11) is 0. The molecule has 2 N–H and O–H groups in total. The van der Waals surface area contributed by atoms with Crippen molar-refractivity contribution in [1.29, 1.82) is 0 Å².